The molecule has 6 nitrogen and oxygen atoms in total. The van der Waals surface area contributed by atoms with Crippen molar-refractivity contribution in [1.82, 2.24) is 0 Å². The second-order valence-corrected chi connectivity index (χ2v) is 5.61. The lowest BCUT2D eigenvalue weighted by atomic mass is 10.1. The maximum atomic E-state index is 12.2. The third kappa shape index (κ3) is 3.26. The molecule has 0 unspecified atom stereocenters. The maximum Gasteiger partial charge on any atom is 0.363 e. The highest BCUT2D eigenvalue weighted by molar-refractivity contribution is 6.13. The fraction of sp³-hybridized carbons (Fsp3) is 0.200. The van der Waals surface area contributed by atoms with Gasteiger partial charge in [0.1, 0.15) is 0 Å². The maximum absolute atomic E-state index is 12.2. The quantitative estimate of drug-likeness (QED) is 0.609. The minimum absolute atomic E-state index is 0.206. The molecule has 0 saturated carbocycles. The molecule has 0 aliphatic carbocycles. The Labute approximate surface area is 151 Å². The van der Waals surface area contributed by atoms with Gasteiger partial charge in [0.25, 0.3) is 0 Å². The average molecular weight is 353 g/mol. The van der Waals surface area contributed by atoms with E-state index in [1.165, 1.54) is 21.3 Å². The first-order valence-corrected chi connectivity index (χ1v) is 7.96. The highest BCUT2D eigenvalue weighted by Crippen LogP contribution is 2.39. The van der Waals surface area contributed by atoms with Gasteiger partial charge in [-0.25, -0.2) is 9.79 Å². The van der Waals surface area contributed by atoms with E-state index >= 15 is 0 Å². The molecule has 0 radical (unpaired) electrons. The third-order valence-electron chi connectivity index (χ3n) is 3.99. The van der Waals surface area contributed by atoms with Crippen molar-refractivity contribution in [3.8, 4) is 17.2 Å². The van der Waals surface area contributed by atoms with Crippen molar-refractivity contribution in [3.63, 3.8) is 0 Å². The molecular weight excluding hydrogens is 334 g/mol. The summed E-state index contributed by atoms with van der Waals surface area (Å²) in [6, 6.07) is 11.1. The molecule has 0 bridgehead atoms. The van der Waals surface area contributed by atoms with Gasteiger partial charge in [0.15, 0.2) is 17.2 Å². The van der Waals surface area contributed by atoms with Crippen molar-refractivity contribution >= 4 is 17.9 Å². The summed E-state index contributed by atoms with van der Waals surface area (Å²) < 4.78 is 21.3. The van der Waals surface area contributed by atoms with Gasteiger partial charge in [0.2, 0.25) is 11.6 Å². The molecule has 0 amide bonds. The van der Waals surface area contributed by atoms with Crippen molar-refractivity contribution < 1.29 is 23.7 Å². The number of methoxy groups -OCH3 is 3. The lowest BCUT2D eigenvalue weighted by molar-refractivity contribution is -0.129. The normalized spacial score (nSPS) is 14.8. The van der Waals surface area contributed by atoms with Crippen LogP contribution in [0.1, 0.15) is 16.7 Å². The van der Waals surface area contributed by atoms with Gasteiger partial charge in [0.05, 0.1) is 21.3 Å². The zero-order chi connectivity index (χ0) is 18.7. The minimum Gasteiger partial charge on any atom is -0.493 e. The molecule has 0 atom stereocenters. The first kappa shape index (κ1) is 17.5. The Morgan fingerprint density at radius 1 is 1.00 bits per heavy atom. The Kier molecular flexibility index (Phi) is 4.93. The number of nitrogens with zero attached hydrogens (tertiary/aromatic N) is 1. The number of esters is 1. The van der Waals surface area contributed by atoms with Crippen LogP contribution in [0.3, 0.4) is 0 Å². The van der Waals surface area contributed by atoms with Gasteiger partial charge < -0.3 is 18.9 Å². The first-order chi connectivity index (χ1) is 12.6. The van der Waals surface area contributed by atoms with Crippen molar-refractivity contribution in [3.05, 3.63) is 58.8 Å². The molecule has 0 fully saturated rings. The van der Waals surface area contributed by atoms with Crippen LogP contribution in [0.2, 0.25) is 0 Å². The molecule has 0 N–H and O–H groups in total. The number of hydrogen-bond acceptors (Lipinski definition) is 6. The molecular formula is C20H19NO5. The highest BCUT2D eigenvalue weighted by atomic mass is 16.6. The molecule has 1 heterocycles. The molecule has 2 aromatic carbocycles. The summed E-state index contributed by atoms with van der Waals surface area (Å²) in [5, 5.41) is 0. The first-order valence-electron chi connectivity index (χ1n) is 7.96. The zero-order valence-corrected chi connectivity index (χ0v) is 15.0. The van der Waals surface area contributed by atoms with Crippen LogP contribution in [-0.2, 0) is 9.53 Å². The van der Waals surface area contributed by atoms with E-state index in [0.717, 1.165) is 11.1 Å². The summed E-state index contributed by atoms with van der Waals surface area (Å²) in [5.74, 6) is 1.26. The van der Waals surface area contributed by atoms with Crippen molar-refractivity contribution in [2.75, 3.05) is 21.3 Å². The number of ether oxygens (including phenoxy) is 4. The van der Waals surface area contributed by atoms with E-state index < -0.39 is 5.97 Å². The molecule has 26 heavy (non-hydrogen) atoms. The van der Waals surface area contributed by atoms with E-state index in [9.17, 15) is 4.79 Å². The van der Waals surface area contributed by atoms with Crippen LogP contribution < -0.4 is 14.2 Å². The monoisotopic (exact) mass is 353 g/mol. The zero-order valence-electron chi connectivity index (χ0n) is 15.0. The number of hydrogen-bond donors (Lipinski definition) is 0. The second-order valence-electron chi connectivity index (χ2n) is 5.61. The molecule has 0 spiro atoms. The van der Waals surface area contributed by atoms with E-state index in [1.807, 2.05) is 31.2 Å². The number of cyclic esters (lactones) is 1. The number of rotatable bonds is 5. The minimum atomic E-state index is -0.503. The van der Waals surface area contributed by atoms with E-state index in [2.05, 4.69) is 4.99 Å². The average Bonchev–Trinajstić information content (AvgIpc) is 3.01. The standard InChI is InChI=1S/C20H19NO5/c1-12-7-5-6-8-14(12)19-21-15(20(22)26-19)9-13-10-16(23-2)18(25-4)17(11-13)24-3/h5-11H,1-4H3/b15-9+. The molecule has 6 heteroatoms. The number of aryl methyl sites for hydroxylation is 1. The van der Waals surface area contributed by atoms with Crippen LogP contribution in [0, 0.1) is 6.92 Å². The third-order valence-corrected chi connectivity index (χ3v) is 3.99. The van der Waals surface area contributed by atoms with E-state index in [-0.39, 0.29) is 5.70 Å². The fourth-order valence-corrected chi connectivity index (χ4v) is 2.68. The lowest BCUT2D eigenvalue weighted by Crippen LogP contribution is -2.06. The second kappa shape index (κ2) is 7.31. The topological polar surface area (TPSA) is 66.4 Å². The van der Waals surface area contributed by atoms with Gasteiger partial charge in [-0.15, -0.1) is 0 Å². The van der Waals surface area contributed by atoms with Gasteiger partial charge in [-0.1, -0.05) is 18.2 Å². The SMILES string of the molecule is COc1cc(/C=C2/N=C(c3ccccc3C)OC2=O)cc(OC)c1OC. The smallest absolute Gasteiger partial charge is 0.363 e. The Morgan fingerprint density at radius 3 is 2.23 bits per heavy atom. The van der Waals surface area contributed by atoms with Crippen LogP contribution >= 0.6 is 0 Å². The summed E-state index contributed by atoms with van der Waals surface area (Å²) in [6.45, 7) is 1.94. The molecule has 1 aliphatic rings. The summed E-state index contributed by atoms with van der Waals surface area (Å²) in [7, 11) is 4.60. The van der Waals surface area contributed by atoms with Crippen molar-refractivity contribution in [2.45, 2.75) is 6.92 Å². The number of aliphatic imine (C=N–C) groups is 1. The van der Waals surface area contributed by atoms with E-state index in [0.29, 0.717) is 28.7 Å². The molecule has 3 rings (SSSR count). The lowest BCUT2D eigenvalue weighted by Gasteiger charge is -2.12. The Hall–Kier alpha value is -3.28. The van der Waals surface area contributed by atoms with E-state index in [4.69, 9.17) is 18.9 Å². The van der Waals surface area contributed by atoms with Crippen LogP contribution in [0.15, 0.2) is 47.1 Å². The Morgan fingerprint density at radius 2 is 1.65 bits per heavy atom. The van der Waals surface area contributed by atoms with Gasteiger partial charge >= 0.3 is 5.97 Å². The van der Waals surface area contributed by atoms with Crippen LogP contribution in [0.25, 0.3) is 6.08 Å². The van der Waals surface area contributed by atoms with Crippen molar-refractivity contribution in [2.24, 2.45) is 4.99 Å². The Balaban J connectivity index is 2.02. The van der Waals surface area contributed by atoms with Gasteiger partial charge in [-0.2, -0.15) is 0 Å². The summed E-state index contributed by atoms with van der Waals surface area (Å²) in [5.41, 5.74) is 2.65. The molecule has 2 aromatic rings. The van der Waals surface area contributed by atoms with Crippen molar-refractivity contribution in [1.29, 1.82) is 0 Å². The molecule has 1 aliphatic heterocycles. The van der Waals surface area contributed by atoms with Gasteiger partial charge in [-0.3, -0.25) is 0 Å². The van der Waals surface area contributed by atoms with Crippen LogP contribution in [0.4, 0.5) is 0 Å². The van der Waals surface area contributed by atoms with Crippen LogP contribution in [-0.4, -0.2) is 33.2 Å². The van der Waals surface area contributed by atoms with Gasteiger partial charge in [0, 0.05) is 5.56 Å². The van der Waals surface area contributed by atoms with E-state index in [1.54, 1.807) is 18.2 Å². The highest BCUT2D eigenvalue weighted by Gasteiger charge is 2.25. The summed E-state index contributed by atoms with van der Waals surface area (Å²) in [4.78, 5) is 16.6. The molecule has 134 valence electrons. The molecule has 0 saturated heterocycles. The number of carbonyl (C=O) groups excluding carboxylic acids is 1. The predicted molar refractivity (Wildman–Crippen MR) is 97.9 cm³/mol. The molecule has 0 aromatic heterocycles. The van der Waals surface area contributed by atoms with Crippen LogP contribution in [0.5, 0.6) is 17.2 Å². The largest absolute Gasteiger partial charge is 0.493 e. The predicted octanol–water partition coefficient (Wildman–Crippen LogP) is 3.37. The fourth-order valence-electron chi connectivity index (χ4n) is 2.68. The number of benzene rings is 2. The number of carbonyl (C=O) groups is 1. The summed E-state index contributed by atoms with van der Waals surface area (Å²) in [6.07, 6.45) is 1.62. The van der Waals surface area contributed by atoms with Gasteiger partial charge in [-0.05, 0) is 42.3 Å². The Bertz CT molecular complexity index is 889. The summed E-state index contributed by atoms with van der Waals surface area (Å²) >= 11 is 0.